The number of fused-ring (bicyclic) bond motifs is 1. The molecule has 0 saturated carbocycles. The number of hydrogen-bond donors (Lipinski definition) is 1. The van der Waals surface area contributed by atoms with Crippen LogP contribution in [0.1, 0.15) is 68.8 Å². The van der Waals surface area contributed by atoms with Crippen molar-refractivity contribution < 1.29 is 14.3 Å². The van der Waals surface area contributed by atoms with Gasteiger partial charge in [-0.05, 0) is 67.9 Å². The van der Waals surface area contributed by atoms with Crippen molar-refractivity contribution in [3.63, 3.8) is 0 Å². The first-order valence-electron chi connectivity index (χ1n) is 12.9. The number of hydrogen-bond acceptors (Lipinski definition) is 4. The van der Waals surface area contributed by atoms with E-state index in [2.05, 4.69) is 67.1 Å². The molecule has 1 aromatic heterocycles. The molecule has 6 heteroatoms. The summed E-state index contributed by atoms with van der Waals surface area (Å²) in [6.45, 7) is 9.01. The number of aromatic nitrogens is 2. The number of methoxy groups -OCH3 is 1. The Labute approximate surface area is 210 Å². The molecule has 2 aromatic carbocycles. The molecular formula is C29H41N3O3. The monoisotopic (exact) mass is 479 g/mol. The van der Waals surface area contributed by atoms with Crippen molar-refractivity contribution in [1.82, 2.24) is 14.9 Å². The third-order valence-corrected chi connectivity index (χ3v) is 6.23. The summed E-state index contributed by atoms with van der Waals surface area (Å²) < 4.78 is 13.4. The Balaban J connectivity index is 1.49. The summed E-state index contributed by atoms with van der Waals surface area (Å²) in [5.41, 5.74) is 4.77. The highest BCUT2D eigenvalue weighted by molar-refractivity contribution is 5.77. The number of imidazole rings is 1. The first-order valence-corrected chi connectivity index (χ1v) is 12.9. The summed E-state index contributed by atoms with van der Waals surface area (Å²) >= 11 is 0. The van der Waals surface area contributed by atoms with E-state index in [0.29, 0.717) is 12.5 Å². The van der Waals surface area contributed by atoms with Crippen molar-refractivity contribution in [3.05, 3.63) is 59.4 Å². The molecule has 1 heterocycles. The lowest BCUT2D eigenvalue weighted by Gasteiger charge is -2.15. The minimum absolute atomic E-state index is 0.0545. The molecule has 0 aliphatic rings. The van der Waals surface area contributed by atoms with Gasteiger partial charge < -0.3 is 19.4 Å². The zero-order chi connectivity index (χ0) is 25.0. The van der Waals surface area contributed by atoms with Gasteiger partial charge in [0, 0.05) is 26.6 Å². The molecule has 0 saturated heterocycles. The number of aryl methyl sites for hydroxylation is 3. The van der Waals surface area contributed by atoms with Crippen molar-refractivity contribution in [2.24, 2.45) is 0 Å². The predicted molar refractivity (Wildman–Crippen MR) is 142 cm³/mol. The van der Waals surface area contributed by atoms with Crippen LogP contribution in [0.4, 0.5) is 0 Å². The van der Waals surface area contributed by atoms with Gasteiger partial charge in [0.15, 0.2) is 0 Å². The van der Waals surface area contributed by atoms with Crippen molar-refractivity contribution in [3.8, 4) is 5.75 Å². The molecule has 0 bridgehead atoms. The van der Waals surface area contributed by atoms with Crippen LogP contribution in [-0.2, 0) is 22.5 Å². The lowest BCUT2D eigenvalue weighted by Crippen LogP contribution is -2.27. The maximum Gasteiger partial charge on any atom is 0.245 e. The molecule has 0 aliphatic carbocycles. The largest absolute Gasteiger partial charge is 0.493 e. The first-order chi connectivity index (χ1) is 17.0. The summed E-state index contributed by atoms with van der Waals surface area (Å²) in [6.07, 6.45) is 6.06. The maximum absolute atomic E-state index is 11.5. The van der Waals surface area contributed by atoms with Gasteiger partial charge in [0.2, 0.25) is 5.91 Å². The van der Waals surface area contributed by atoms with Gasteiger partial charge in [0.1, 0.15) is 18.2 Å². The van der Waals surface area contributed by atoms with Crippen LogP contribution in [0.5, 0.6) is 5.75 Å². The van der Waals surface area contributed by atoms with Gasteiger partial charge in [0.05, 0.1) is 17.6 Å². The number of nitrogens with one attached hydrogen (secondary N) is 1. The fourth-order valence-corrected chi connectivity index (χ4v) is 4.36. The van der Waals surface area contributed by atoms with Gasteiger partial charge in [0.25, 0.3) is 0 Å². The van der Waals surface area contributed by atoms with Crippen molar-refractivity contribution >= 4 is 16.9 Å². The molecule has 0 unspecified atom stereocenters. The Morgan fingerprint density at radius 3 is 2.69 bits per heavy atom. The molecule has 0 fully saturated rings. The zero-order valence-corrected chi connectivity index (χ0v) is 21.8. The van der Waals surface area contributed by atoms with Crippen molar-refractivity contribution in [2.45, 2.75) is 71.8 Å². The van der Waals surface area contributed by atoms with E-state index >= 15 is 0 Å². The third kappa shape index (κ3) is 8.10. The van der Waals surface area contributed by atoms with Crippen LogP contribution in [-0.4, -0.2) is 42.3 Å². The Bertz CT molecular complexity index is 1070. The summed E-state index contributed by atoms with van der Waals surface area (Å²) in [6, 6.07) is 14.9. The van der Waals surface area contributed by atoms with Crippen LogP contribution < -0.4 is 10.1 Å². The summed E-state index contributed by atoms with van der Waals surface area (Å²) in [5, 5.41) is 2.88. The highest BCUT2D eigenvalue weighted by Gasteiger charge is 2.11. The molecule has 1 amide bonds. The second-order valence-electron chi connectivity index (χ2n) is 9.51. The van der Waals surface area contributed by atoms with Crippen molar-refractivity contribution in [2.75, 3.05) is 26.9 Å². The van der Waals surface area contributed by atoms with E-state index in [1.165, 1.54) is 23.8 Å². The Hall–Kier alpha value is -2.86. The summed E-state index contributed by atoms with van der Waals surface area (Å²) in [5.74, 6) is 2.57. The highest BCUT2D eigenvalue weighted by atomic mass is 16.5. The van der Waals surface area contributed by atoms with E-state index in [0.717, 1.165) is 68.8 Å². The lowest BCUT2D eigenvalue weighted by molar-refractivity contribution is -0.124. The van der Waals surface area contributed by atoms with Gasteiger partial charge >= 0.3 is 0 Å². The molecule has 0 aliphatic heterocycles. The van der Waals surface area contributed by atoms with Crippen LogP contribution in [0.2, 0.25) is 0 Å². The average Bonchev–Trinajstić information content (AvgIpc) is 3.18. The van der Waals surface area contributed by atoms with Gasteiger partial charge in [-0.2, -0.15) is 0 Å². The Morgan fingerprint density at radius 2 is 1.89 bits per heavy atom. The average molecular weight is 480 g/mol. The standard InChI is InChI=1S/C29H41N3O3/c1-22(2)24-16-15-23(3)20-27(24)35-19-11-10-18-32-26-13-8-7-12-25(26)31-28(32)14-6-5-9-17-30-29(33)21-34-4/h7-8,12-13,15-16,20,22H,5-6,9-11,14,17-19,21H2,1-4H3,(H,30,33). The second-order valence-corrected chi connectivity index (χ2v) is 9.51. The van der Waals surface area contributed by atoms with Gasteiger partial charge in [-0.1, -0.05) is 44.5 Å². The second kappa shape index (κ2) is 13.9. The minimum atomic E-state index is -0.0545. The fraction of sp³-hybridized carbons (Fsp3) is 0.517. The number of nitrogens with zero attached hydrogens (tertiary/aromatic N) is 2. The van der Waals surface area contributed by atoms with Crippen LogP contribution in [0.15, 0.2) is 42.5 Å². The lowest BCUT2D eigenvalue weighted by atomic mass is 10.0. The van der Waals surface area contributed by atoms with Gasteiger partial charge in [-0.15, -0.1) is 0 Å². The minimum Gasteiger partial charge on any atom is -0.493 e. The van der Waals surface area contributed by atoms with E-state index in [9.17, 15) is 4.79 Å². The molecule has 3 rings (SSSR count). The van der Waals surface area contributed by atoms with E-state index < -0.39 is 0 Å². The fourth-order valence-electron chi connectivity index (χ4n) is 4.36. The molecule has 190 valence electrons. The summed E-state index contributed by atoms with van der Waals surface area (Å²) in [4.78, 5) is 16.4. The van der Waals surface area contributed by atoms with Crippen LogP contribution in [0.25, 0.3) is 11.0 Å². The topological polar surface area (TPSA) is 65.4 Å². The SMILES string of the molecule is COCC(=O)NCCCCCc1nc2ccccc2n1CCCCOc1cc(C)ccc1C(C)C. The molecule has 0 atom stereocenters. The Kier molecular flexibility index (Phi) is 10.6. The van der Waals surface area contributed by atoms with Crippen LogP contribution in [0.3, 0.4) is 0 Å². The number of benzene rings is 2. The number of unbranched alkanes of at least 4 members (excludes halogenated alkanes) is 3. The smallest absolute Gasteiger partial charge is 0.245 e. The molecule has 6 nitrogen and oxygen atoms in total. The van der Waals surface area contributed by atoms with E-state index in [-0.39, 0.29) is 12.5 Å². The number of rotatable bonds is 15. The molecule has 0 radical (unpaired) electrons. The maximum atomic E-state index is 11.5. The number of ether oxygens (including phenoxy) is 2. The van der Waals surface area contributed by atoms with Crippen LogP contribution in [0, 0.1) is 6.92 Å². The van der Waals surface area contributed by atoms with Crippen LogP contribution >= 0.6 is 0 Å². The number of amides is 1. The zero-order valence-electron chi connectivity index (χ0n) is 21.8. The summed E-state index contributed by atoms with van der Waals surface area (Å²) in [7, 11) is 1.53. The quantitative estimate of drug-likeness (QED) is 0.280. The number of carbonyl (C=O) groups is 1. The number of carbonyl (C=O) groups excluding carboxylic acids is 1. The normalized spacial score (nSPS) is 11.3. The third-order valence-electron chi connectivity index (χ3n) is 6.23. The first kappa shape index (κ1) is 26.7. The van der Waals surface area contributed by atoms with Gasteiger partial charge in [-0.25, -0.2) is 4.98 Å². The Morgan fingerprint density at radius 1 is 1.06 bits per heavy atom. The van der Waals surface area contributed by atoms with E-state index in [1.54, 1.807) is 0 Å². The highest BCUT2D eigenvalue weighted by Crippen LogP contribution is 2.27. The molecule has 3 aromatic rings. The number of para-hydroxylation sites is 2. The predicted octanol–water partition coefficient (Wildman–Crippen LogP) is 5.80. The van der Waals surface area contributed by atoms with E-state index in [1.807, 2.05) is 6.07 Å². The molecule has 0 spiro atoms. The molecular weight excluding hydrogens is 438 g/mol. The molecule has 1 N–H and O–H groups in total. The van der Waals surface area contributed by atoms with Crippen molar-refractivity contribution in [1.29, 1.82) is 0 Å². The molecule has 35 heavy (non-hydrogen) atoms. The van der Waals surface area contributed by atoms with Gasteiger partial charge in [-0.3, -0.25) is 4.79 Å². The van der Waals surface area contributed by atoms with E-state index in [4.69, 9.17) is 14.5 Å².